The van der Waals surface area contributed by atoms with Crippen molar-refractivity contribution in [3.05, 3.63) is 60.2 Å². The number of esters is 1. The van der Waals surface area contributed by atoms with Crippen LogP contribution in [0.1, 0.15) is 10.4 Å². The summed E-state index contributed by atoms with van der Waals surface area (Å²) in [5, 5.41) is 0. The minimum Gasteiger partial charge on any atom is -0.423 e. The summed E-state index contributed by atoms with van der Waals surface area (Å²) in [6.07, 6.45) is -0.986. The number of para-hydroxylation sites is 2. The summed E-state index contributed by atoms with van der Waals surface area (Å²) in [4.78, 5) is 22.7. The van der Waals surface area contributed by atoms with Crippen LogP contribution in [0.3, 0.4) is 0 Å². The molecule has 2 rings (SSSR count). The van der Waals surface area contributed by atoms with E-state index >= 15 is 0 Å². The maximum Gasteiger partial charge on any atom is 0.409 e. The second-order valence-corrected chi connectivity index (χ2v) is 3.62. The minimum atomic E-state index is -0.986. The number of carbonyl (C=O) groups is 2. The summed E-state index contributed by atoms with van der Waals surface area (Å²) in [7, 11) is 0. The molecule has 0 aliphatic rings. The molecule has 0 saturated carbocycles. The van der Waals surface area contributed by atoms with Gasteiger partial charge < -0.3 is 15.2 Å². The number of amides is 1. The Morgan fingerprint density at radius 3 is 2.16 bits per heavy atom. The smallest absolute Gasteiger partial charge is 0.409 e. The average Bonchev–Trinajstić information content (AvgIpc) is 2.39. The topological polar surface area (TPSA) is 78.6 Å². The van der Waals surface area contributed by atoms with Gasteiger partial charge in [0.05, 0.1) is 0 Å². The van der Waals surface area contributed by atoms with Crippen LogP contribution in [0.25, 0.3) is 0 Å². The van der Waals surface area contributed by atoms with Gasteiger partial charge >= 0.3 is 12.1 Å². The summed E-state index contributed by atoms with van der Waals surface area (Å²) in [6.45, 7) is 0. The van der Waals surface area contributed by atoms with E-state index in [1.165, 1.54) is 12.1 Å². The first-order valence-corrected chi connectivity index (χ1v) is 5.50. The molecule has 0 bridgehead atoms. The van der Waals surface area contributed by atoms with Crippen molar-refractivity contribution in [3.8, 4) is 11.5 Å². The van der Waals surface area contributed by atoms with Crippen LogP contribution < -0.4 is 15.2 Å². The normalized spacial score (nSPS) is 9.68. The van der Waals surface area contributed by atoms with Gasteiger partial charge in [0.25, 0.3) is 0 Å². The van der Waals surface area contributed by atoms with Gasteiger partial charge in [0, 0.05) is 0 Å². The van der Waals surface area contributed by atoms with Crippen molar-refractivity contribution < 1.29 is 19.1 Å². The number of ether oxygens (including phenoxy) is 2. The van der Waals surface area contributed by atoms with Gasteiger partial charge in [-0.15, -0.1) is 0 Å². The highest BCUT2D eigenvalue weighted by Gasteiger charge is 2.15. The van der Waals surface area contributed by atoms with Crippen molar-refractivity contribution in [3.63, 3.8) is 0 Å². The molecule has 0 saturated heterocycles. The van der Waals surface area contributed by atoms with Crippen LogP contribution in [0.15, 0.2) is 54.6 Å². The lowest BCUT2D eigenvalue weighted by Gasteiger charge is -2.08. The van der Waals surface area contributed by atoms with Crippen LogP contribution >= 0.6 is 0 Å². The van der Waals surface area contributed by atoms with Crippen LogP contribution in [0, 0.1) is 0 Å². The van der Waals surface area contributed by atoms with Gasteiger partial charge in [0.2, 0.25) is 0 Å². The molecule has 0 aliphatic carbocycles. The van der Waals surface area contributed by atoms with Crippen molar-refractivity contribution in [2.75, 3.05) is 0 Å². The molecule has 2 aromatic carbocycles. The molecule has 19 heavy (non-hydrogen) atoms. The third kappa shape index (κ3) is 3.32. The Morgan fingerprint density at radius 2 is 1.47 bits per heavy atom. The summed E-state index contributed by atoms with van der Waals surface area (Å²) >= 11 is 0. The third-order valence-corrected chi connectivity index (χ3v) is 2.27. The zero-order valence-corrected chi connectivity index (χ0v) is 9.91. The van der Waals surface area contributed by atoms with E-state index in [1.807, 2.05) is 6.07 Å². The number of benzene rings is 2. The molecular weight excluding hydrogens is 246 g/mol. The highest BCUT2D eigenvalue weighted by atomic mass is 16.6. The van der Waals surface area contributed by atoms with E-state index < -0.39 is 12.1 Å². The van der Waals surface area contributed by atoms with Crippen molar-refractivity contribution in [2.45, 2.75) is 0 Å². The van der Waals surface area contributed by atoms with Crippen LogP contribution in [0.5, 0.6) is 11.5 Å². The first-order chi connectivity index (χ1) is 9.16. The van der Waals surface area contributed by atoms with Crippen LogP contribution in [0.2, 0.25) is 0 Å². The van der Waals surface area contributed by atoms with Crippen LogP contribution in [-0.2, 0) is 0 Å². The van der Waals surface area contributed by atoms with E-state index in [0.29, 0.717) is 5.75 Å². The van der Waals surface area contributed by atoms with E-state index in [2.05, 4.69) is 0 Å². The fraction of sp³-hybridized carbons (Fsp3) is 0. The molecular formula is C14H11NO4. The van der Waals surface area contributed by atoms with Gasteiger partial charge in [-0.05, 0) is 24.3 Å². The second-order valence-electron chi connectivity index (χ2n) is 3.62. The molecule has 0 fully saturated rings. The SMILES string of the molecule is NC(=O)Oc1ccccc1C(=O)Oc1ccccc1. The predicted octanol–water partition coefficient (Wildman–Crippen LogP) is 2.36. The Morgan fingerprint density at radius 1 is 0.842 bits per heavy atom. The van der Waals surface area contributed by atoms with Crippen molar-refractivity contribution in [1.29, 1.82) is 0 Å². The molecule has 0 aromatic heterocycles. The van der Waals surface area contributed by atoms with Gasteiger partial charge in [-0.1, -0.05) is 30.3 Å². The lowest BCUT2D eigenvalue weighted by Crippen LogP contribution is -2.19. The Balaban J connectivity index is 2.21. The molecule has 2 N–H and O–H groups in total. The zero-order valence-electron chi connectivity index (χ0n) is 9.91. The number of primary amides is 1. The average molecular weight is 257 g/mol. The number of hydrogen-bond donors (Lipinski definition) is 1. The van der Waals surface area contributed by atoms with Gasteiger partial charge in [-0.3, -0.25) is 0 Å². The highest BCUT2D eigenvalue weighted by molar-refractivity contribution is 5.94. The van der Waals surface area contributed by atoms with Gasteiger partial charge in [0.1, 0.15) is 17.1 Å². The minimum absolute atomic E-state index is 0.0657. The fourth-order valence-electron chi connectivity index (χ4n) is 1.48. The molecule has 0 aliphatic heterocycles. The first kappa shape index (κ1) is 12.6. The molecule has 1 amide bonds. The third-order valence-electron chi connectivity index (χ3n) is 2.27. The molecule has 2 aromatic rings. The van der Waals surface area contributed by atoms with E-state index in [1.54, 1.807) is 36.4 Å². The number of carbonyl (C=O) groups excluding carboxylic acids is 2. The van der Waals surface area contributed by atoms with E-state index in [9.17, 15) is 9.59 Å². The van der Waals surface area contributed by atoms with E-state index in [0.717, 1.165) is 0 Å². The molecule has 5 nitrogen and oxygen atoms in total. The fourth-order valence-corrected chi connectivity index (χ4v) is 1.48. The molecule has 0 spiro atoms. The monoisotopic (exact) mass is 257 g/mol. The predicted molar refractivity (Wildman–Crippen MR) is 68.1 cm³/mol. The lowest BCUT2D eigenvalue weighted by atomic mass is 10.2. The van der Waals surface area contributed by atoms with Crippen molar-refractivity contribution in [2.24, 2.45) is 5.73 Å². The quantitative estimate of drug-likeness (QED) is 0.676. The largest absolute Gasteiger partial charge is 0.423 e. The lowest BCUT2D eigenvalue weighted by molar-refractivity contribution is 0.0732. The number of hydrogen-bond acceptors (Lipinski definition) is 4. The standard InChI is InChI=1S/C14H11NO4/c15-14(17)19-12-9-5-4-8-11(12)13(16)18-10-6-2-1-3-7-10/h1-9H,(H2,15,17). The Hall–Kier alpha value is -2.82. The Bertz CT molecular complexity index is 595. The number of rotatable bonds is 3. The molecule has 5 heteroatoms. The Kier molecular flexibility index (Phi) is 3.78. The summed E-state index contributed by atoms with van der Waals surface area (Å²) in [6, 6.07) is 14.8. The van der Waals surface area contributed by atoms with Crippen molar-refractivity contribution >= 4 is 12.1 Å². The summed E-state index contributed by atoms with van der Waals surface area (Å²) in [5.41, 5.74) is 5.06. The maximum absolute atomic E-state index is 12.0. The van der Waals surface area contributed by atoms with Crippen molar-refractivity contribution in [1.82, 2.24) is 0 Å². The zero-order chi connectivity index (χ0) is 13.7. The Labute approximate surface area is 109 Å². The van der Waals surface area contributed by atoms with Crippen LogP contribution in [-0.4, -0.2) is 12.1 Å². The molecule has 0 unspecified atom stereocenters. The van der Waals surface area contributed by atoms with Gasteiger partial charge in [-0.2, -0.15) is 0 Å². The van der Waals surface area contributed by atoms with E-state index in [-0.39, 0.29) is 11.3 Å². The van der Waals surface area contributed by atoms with Gasteiger partial charge in [0.15, 0.2) is 0 Å². The highest BCUT2D eigenvalue weighted by Crippen LogP contribution is 2.20. The molecule has 0 atom stereocenters. The van der Waals surface area contributed by atoms with Crippen LogP contribution in [0.4, 0.5) is 4.79 Å². The summed E-state index contributed by atoms with van der Waals surface area (Å²) in [5.74, 6) is -0.152. The molecule has 96 valence electrons. The van der Waals surface area contributed by atoms with Gasteiger partial charge in [-0.25, -0.2) is 9.59 Å². The maximum atomic E-state index is 12.0. The molecule has 0 radical (unpaired) electrons. The first-order valence-electron chi connectivity index (χ1n) is 5.50. The number of nitrogens with two attached hydrogens (primary N) is 1. The molecule has 0 heterocycles. The second kappa shape index (κ2) is 5.68. The van der Waals surface area contributed by atoms with E-state index in [4.69, 9.17) is 15.2 Å². The summed E-state index contributed by atoms with van der Waals surface area (Å²) < 4.78 is 9.89.